The molecule has 1 rings (SSSR count). The average molecular weight is 241 g/mol. The number of Topliss-reactive ketones (excluding diaryl/α,β-unsaturated/α-hetero) is 1. The van der Waals surface area contributed by atoms with Gasteiger partial charge in [-0.05, 0) is 24.3 Å². The van der Waals surface area contributed by atoms with Crippen LogP contribution < -0.4 is 4.90 Å². The molecule has 0 bridgehead atoms. The molecule has 0 spiro atoms. The van der Waals surface area contributed by atoms with E-state index in [9.17, 15) is 13.2 Å². The third kappa shape index (κ3) is 3.66. The van der Waals surface area contributed by atoms with Crippen LogP contribution in [0.4, 0.5) is 5.69 Å². The van der Waals surface area contributed by atoms with E-state index >= 15 is 0 Å². The lowest BCUT2D eigenvalue weighted by Crippen LogP contribution is -2.15. The van der Waals surface area contributed by atoms with Crippen molar-refractivity contribution < 1.29 is 13.2 Å². The first-order valence-corrected chi connectivity index (χ1v) is 6.84. The molecular formula is C11H15NO3S. The van der Waals surface area contributed by atoms with Crippen LogP contribution in [0.1, 0.15) is 10.4 Å². The molecule has 0 aromatic heterocycles. The number of hydrogen-bond donors (Lipinski definition) is 0. The number of nitrogens with zero attached hydrogens (tertiary/aromatic N) is 1. The van der Waals surface area contributed by atoms with E-state index in [0.717, 1.165) is 11.9 Å². The van der Waals surface area contributed by atoms with E-state index in [1.165, 1.54) is 0 Å². The zero-order valence-corrected chi connectivity index (χ0v) is 10.4. The second kappa shape index (κ2) is 4.65. The molecule has 1 aromatic rings. The molecule has 0 heterocycles. The topological polar surface area (TPSA) is 54.5 Å². The Labute approximate surface area is 95.8 Å². The Hall–Kier alpha value is -1.36. The number of benzene rings is 1. The zero-order chi connectivity index (χ0) is 12.3. The highest BCUT2D eigenvalue weighted by Crippen LogP contribution is 2.12. The highest BCUT2D eigenvalue weighted by Gasteiger charge is 2.12. The fraction of sp³-hybridized carbons (Fsp3) is 0.364. The van der Waals surface area contributed by atoms with Gasteiger partial charge in [-0.3, -0.25) is 4.79 Å². The molecule has 0 aliphatic rings. The molecule has 0 saturated carbocycles. The van der Waals surface area contributed by atoms with Gasteiger partial charge in [0.1, 0.15) is 5.75 Å². The van der Waals surface area contributed by atoms with Crippen molar-refractivity contribution in [2.45, 2.75) is 0 Å². The minimum absolute atomic E-state index is 0.368. The molecule has 0 fully saturated rings. The van der Waals surface area contributed by atoms with Crippen molar-refractivity contribution in [3.8, 4) is 0 Å². The lowest BCUT2D eigenvalue weighted by molar-refractivity contribution is 0.102. The molecule has 0 unspecified atom stereocenters. The molecule has 0 atom stereocenters. The monoisotopic (exact) mass is 241 g/mol. The van der Waals surface area contributed by atoms with Gasteiger partial charge in [0.05, 0.1) is 0 Å². The summed E-state index contributed by atoms with van der Waals surface area (Å²) < 4.78 is 21.9. The minimum atomic E-state index is -3.26. The standard InChI is InChI=1S/C11H15NO3S/c1-12(2)10-6-4-9(5-7-10)11(13)8-16(3,14)15/h4-7H,8H2,1-3H3. The summed E-state index contributed by atoms with van der Waals surface area (Å²) in [6, 6.07) is 6.86. The predicted molar refractivity (Wildman–Crippen MR) is 64.8 cm³/mol. The number of sulfone groups is 1. The average Bonchev–Trinajstić information content (AvgIpc) is 2.15. The lowest BCUT2D eigenvalue weighted by atomic mass is 10.1. The fourth-order valence-electron chi connectivity index (χ4n) is 1.27. The number of hydrogen-bond acceptors (Lipinski definition) is 4. The predicted octanol–water partition coefficient (Wildman–Crippen LogP) is 0.980. The van der Waals surface area contributed by atoms with Crippen LogP contribution in [0.3, 0.4) is 0 Å². The number of anilines is 1. The zero-order valence-electron chi connectivity index (χ0n) is 9.60. The molecular weight excluding hydrogens is 226 g/mol. The van der Waals surface area contributed by atoms with Gasteiger partial charge < -0.3 is 4.90 Å². The third-order valence-electron chi connectivity index (χ3n) is 2.10. The van der Waals surface area contributed by atoms with Crippen molar-refractivity contribution in [3.63, 3.8) is 0 Å². The third-order valence-corrected chi connectivity index (χ3v) is 2.89. The van der Waals surface area contributed by atoms with Crippen LogP contribution in [0.15, 0.2) is 24.3 Å². The van der Waals surface area contributed by atoms with E-state index in [-0.39, 0.29) is 5.78 Å². The molecule has 88 valence electrons. The first-order valence-electron chi connectivity index (χ1n) is 4.78. The van der Waals surface area contributed by atoms with Crippen molar-refractivity contribution in [1.82, 2.24) is 0 Å². The first-order chi connectivity index (χ1) is 7.29. The highest BCUT2D eigenvalue weighted by molar-refractivity contribution is 7.91. The smallest absolute Gasteiger partial charge is 0.177 e. The van der Waals surface area contributed by atoms with Crippen molar-refractivity contribution in [2.24, 2.45) is 0 Å². The Bertz CT molecular complexity index is 474. The van der Waals surface area contributed by atoms with Gasteiger partial charge >= 0.3 is 0 Å². The molecule has 0 aliphatic heterocycles. The normalized spacial score (nSPS) is 11.2. The van der Waals surface area contributed by atoms with Gasteiger partial charge in [0.25, 0.3) is 0 Å². The van der Waals surface area contributed by atoms with E-state index < -0.39 is 15.6 Å². The van der Waals surface area contributed by atoms with E-state index in [1.807, 2.05) is 19.0 Å². The SMILES string of the molecule is CN(C)c1ccc(C(=O)CS(C)(=O)=O)cc1. The number of carbonyl (C=O) groups excluding carboxylic acids is 1. The molecule has 0 saturated heterocycles. The van der Waals surface area contributed by atoms with Crippen LogP contribution in [0.2, 0.25) is 0 Å². The van der Waals surface area contributed by atoms with E-state index in [4.69, 9.17) is 0 Å². The molecule has 4 nitrogen and oxygen atoms in total. The maximum absolute atomic E-state index is 11.5. The molecule has 0 aliphatic carbocycles. The van der Waals surface area contributed by atoms with Gasteiger partial charge in [-0.2, -0.15) is 0 Å². The van der Waals surface area contributed by atoms with Crippen molar-refractivity contribution in [1.29, 1.82) is 0 Å². The molecule has 0 radical (unpaired) electrons. The summed E-state index contributed by atoms with van der Waals surface area (Å²) in [6.07, 6.45) is 1.05. The first kappa shape index (κ1) is 12.7. The molecule has 16 heavy (non-hydrogen) atoms. The van der Waals surface area contributed by atoms with Gasteiger partial charge in [-0.15, -0.1) is 0 Å². The highest BCUT2D eigenvalue weighted by atomic mass is 32.2. The number of ketones is 1. The van der Waals surface area contributed by atoms with Gasteiger partial charge in [-0.1, -0.05) is 0 Å². The Morgan fingerprint density at radius 2 is 1.69 bits per heavy atom. The summed E-state index contributed by atoms with van der Waals surface area (Å²) in [5.41, 5.74) is 1.40. The Morgan fingerprint density at radius 3 is 2.06 bits per heavy atom. The van der Waals surface area contributed by atoms with Crippen LogP contribution >= 0.6 is 0 Å². The van der Waals surface area contributed by atoms with Crippen molar-refractivity contribution in [3.05, 3.63) is 29.8 Å². The van der Waals surface area contributed by atoms with E-state index in [0.29, 0.717) is 5.56 Å². The number of carbonyl (C=O) groups is 1. The lowest BCUT2D eigenvalue weighted by Gasteiger charge is -2.12. The summed E-state index contributed by atoms with van der Waals surface area (Å²) in [5, 5.41) is 0. The van der Waals surface area contributed by atoms with E-state index in [1.54, 1.807) is 24.3 Å². The largest absolute Gasteiger partial charge is 0.378 e. The fourth-order valence-corrected chi connectivity index (χ4v) is 1.91. The van der Waals surface area contributed by atoms with Crippen LogP contribution in [0, 0.1) is 0 Å². The van der Waals surface area contributed by atoms with Crippen LogP contribution in [0.5, 0.6) is 0 Å². The Morgan fingerprint density at radius 1 is 1.19 bits per heavy atom. The van der Waals surface area contributed by atoms with Gasteiger partial charge in [0.15, 0.2) is 15.6 Å². The summed E-state index contributed by atoms with van der Waals surface area (Å²) in [4.78, 5) is 13.5. The van der Waals surface area contributed by atoms with Gasteiger partial charge in [0, 0.05) is 31.6 Å². The van der Waals surface area contributed by atoms with Crippen molar-refractivity contribution >= 4 is 21.3 Å². The summed E-state index contributed by atoms with van der Waals surface area (Å²) in [7, 11) is 0.534. The van der Waals surface area contributed by atoms with Crippen LogP contribution in [-0.4, -0.2) is 40.3 Å². The Kier molecular flexibility index (Phi) is 3.70. The summed E-state index contributed by atoms with van der Waals surface area (Å²) in [5.74, 6) is -0.804. The van der Waals surface area contributed by atoms with Gasteiger partial charge in [0.2, 0.25) is 0 Å². The molecule has 0 N–H and O–H groups in total. The maximum Gasteiger partial charge on any atom is 0.177 e. The number of rotatable bonds is 4. The second-order valence-electron chi connectivity index (χ2n) is 3.93. The van der Waals surface area contributed by atoms with Gasteiger partial charge in [-0.25, -0.2) is 8.42 Å². The van der Waals surface area contributed by atoms with Crippen LogP contribution in [0.25, 0.3) is 0 Å². The maximum atomic E-state index is 11.5. The minimum Gasteiger partial charge on any atom is -0.378 e. The molecule has 1 aromatic carbocycles. The second-order valence-corrected chi connectivity index (χ2v) is 6.07. The van der Waals surface area contributed by atoms with E-state index in [2.05, 4.69) is 0 Å². The van der Waals surface area contributed by atoms with Crippen LogP contribution in [-0.2, 0) is 9.84 Å². The quantitative estimate of drug-likeness (QED) is 0.737. The summed E-state index contributed by atoms with van der Waals surface area (Å²) >= 11 is 0. The molecule has 0 amide bonds. The Balaban J connectivity index is 2.86. The van der Waals surface area contributed by atoms with Crippen molar-refractivity contribution in [2.75, 3.05) is 31.0 Å². The summed E-state index contributed by atoms with van der Waals surface area (Å²) in [6.45, 7) is 0. The molecule has 5 heteroatoms.